The van der Waals surface area contributed by atoms with Gasteiger partial charge in [-0.3, -0.25) is 0 Å². The molecule has 0 N–H and O–H groups in total. The van der Waals surface area contributed by atoms with Crippen LogP contribution in [0.15, 0.2) is 170 Å². The average Bonchev–Trinajstić information content (AvgIpc) is 3.65. The van der Waals surface area contributed by atoms with Crippen molar-refractivity contribution in [3.63, 3.8) is 0 Å². The summed E-state index contributed by atoms with van der Waals surface area (Å²) in [5.74, 6) is 1.90. The lowest BCUT2D eigenvalue weighted by molar-refractivity contribution is 0.661. The maximum Gasteiger partial charge on any atom is 0.166 e. The predicted octanol–water partition coefficient (Wildman–Crippen LogP) is 11.9. The van der Waals surface area contributed by atoms with Gasteiger partial charge in [0.05, 0.1) is 16.7 Å². The molecule has 1 aliphatic rings. The van der Waals surface area contributed by atoms with Gasteiger partial charge in [0.1, 0.15) is 0 Å². The van der Waals surface area contributed by atoms with E-state index in [0.29, 0.717) is 17.5 Å². The minimum absolute atomic E-state index is 0.134. The van der Waals surface area contributed by atoms with Crippen molar-refractivity contribution in [3.8, 4) is 62.1 Å². The first-order valence-corrected chi connectivity index (χ1v) is 17.8. The van der Waals surface area contributed by atoms with Gasteiger partial charge in [0.2, 0.25) is 0 Å². The lowest BCUT2D eigenvalue weighted by atomic mass is 9.82. The van der Waals surface area contributed by atoms with Gasteiger partial charge in [-0.05, 0) is 63.7 Å². The number of fused-ring (bicyclic) bond motifs is 6. The van der Waals surface area contributed by atoms with E-state index in [9.17, 15) is 0 Å². The number of rotatable bonds is 5. The third kappa shape index (κ3) is 4.72. The third-order valence-electron chi connectivity index (χ3n) is 10.7. The highest BCUT2D eigenvalue weighted by atomic mass is 15.1. The molecule has 0 saturated heterocycles. The Hall–Kier alpha value is -6.65. The molecule has 1 aliphatic carbocycles. The molecule has 2 heterocycles. The van der Waals surface area contributed by atoms with E-state index in [0.717, 1.165) is 44.5 Å². The molecule has 2 aromatic heterocycles. The number of aromatic nitrogens is 4. The summed E-state index contributed by atoms with van der Waals surface area (Å²) in [6, 6.07) is 60.1. The number of para-hydroxylation sites is 1. The fraction of sp³-hybridized carbons (Fsp3) is 0.0625. The van der Waals surface area contributed by atoms with Gasteiger partial charge in [0, 0.05) is 32.9 Å². The van der Waals surface area contributed by atoms with E-state index in [-0.39, 0.29) is 5.41 Å². The highest BCUT2D eigenvalue weighted by Crippen LogP contribution is 2.51. The van der Waals surface area contributed by atoms with Crippen LogP contribution >= 0.6 is 0 Å². The van der Waals surface area contributed by atoms with Crippen molar-refractivity contribution in [3.05, 3.63) is 181 Å². The van der Waals surface area contributed by atoms with Crippen molar-refractivity contribution < 1.29 is 0 Å². The summed E-state index contributed by atoms with van der Waals surface area (Å²) in [6.07, 6.45) is 0. The summed E-state index contributed by atoms with van der Waals surface area (Å²) in [6.45, 7) is 4.69. The molecular formula is C48H34N4. The van der Waals surface area contributed by atoms with Gasteiger partial charge in [0.15, 0.2) is 17.5 Å². The minimum atomic E-state index is -0.134. The number of hydrogen-bond donors (Lipinski definition) is 0. The molecule has 0 amide bonds. The second-order valence-corrected chi connectivity index (χ2v) is 14.1. The number of benzene rings is 7. The Balaban J connectivity index is 1.29. The largest absolute Gasteiger partial charge is 0.308 e. The molecule has 0 aliphatic heterocycles. The molecule has 4 nitrogen and oxygen atoms in total. The van der Waals surface area contributed by atoms with Crippen LogP contribution in [0.25, 0.3) is 83.9 Å². The molecule has 52 heavy (non-hydrogen) atoms. The predicted molar refractivity (Wildman–Crippen MR) is 213 cm³/mol. The van der Waals surface area contributed by atoms with Gasteiger partial charge in [-0.15, -0.1) is 0 Å². The molecule has 0 bridgehead atoms. The normalized spacial score (nSPS) is 13.0. The molecule has 7 aromatic carbocycles. The Kier molecular flexibility index (Phi) is 6.80. The Morgan fingerprint density at radius 2 is 0.962 bits per heavy atom. The number of hydrogen-bond acceptors (Lipinski definition) is 3. The van der Waals surface area contributed by atoms with Crippen molar-refractivity contribution in [2.45, 2.75) is 19.3 Å². The molecule has 0 atom stereocenters. The van der Waals surface area contributed by atoms with Crippen molar-refractivity contribution in [2.75, 3.05) is 0 Å². The Morgan fingerprint density at radius 1 is 0.385 bits per heavy atom. The van der Waals surface area contributed by atoms with Crippen LogP contribution in [0.4, 0.5) is 0 Å². The first-order chi connectivity index (χ1) is 25.5. The van der Waals surface area contributed by atoms with Crippen LogP contribution in [-0.2, 0) is 5.41 Å². The molecule has 0 saturated carbocycles. The third-order valence-corrected chi connectivity index (χ3v) is 10.7. The van der Waals surface area contributed by atoms with Crippen molar-refractivity contribution >= 4 is 21.8 Å². The van der Waals surface area contributed by atoms with Gasteiger partial charge >= 0.3 is 0 Å². The smallest absolute Gasteiger partial charge is 0.166 e. The van der Waals surface area contributed by atoms with Crippen LogP contribution in [0.3, 0.4) is 0 Å². The second-order valence-electron chi connectivity index (χ2n) is 14.1. The van der Waals surface area contributed by atoms with Crippen LogP contribution in [0.5, 0.6) is 0 Å². The van der Waals surface area contributed by atoms with E-state index in [4.69, 9.17) is 15.0 Å². The first-order valence-electron chi connectivity index (χ1n) is 17.8. The molecular weight excluding hydrogens is 633 g/mol. The first kappa shape index (κ1) is 30.2. The molecule has 0 fully saturated rings. The maximum atomic E-state index is 5.24. The lowest BCUT2D eigenvalue weighted by Gasteiger charge is -2.22. The molecule has 0 radical (unpaired) electrons. The summed E-state index contributed by atoms with van der Waals surface area (Å²) in [5.41, 5.74) is 13.6. The van der Waals surface area contributed by atoms with E-state index in [2.05, 4.69) is 152 Å². The van der Waals surface area contributed by atoms with Crippen LogP contribution in [-0.4, -0.2) is 19.5 Å². The fourth-order valence-corrected chi connectivity index (χ4v) is 8.07. The van der Waals surface area contributed by atoms with E-state index in [1.54, 1.807) is 0 Å². The van der Waals surface area contributed by atoms with E-state index in [1.165, 1.54) is 33.0 Å². The van der Waals surface area contributed by atoms with Crippen LogP contribution in [0, 0.1) is 0 Å². The van der Waals surface area contributed by atoms with Crippen LogP contribution in [0.1, 0.15) is 25.0 Å². The maximum absolute atomic E-state index is 5.24. The zero-order valence-electron chi connectivity index (χ0n) is 29.0. The van der Waals surface area contributed by atoms with Gasteiger partial charge in [-0.25, -0.2) is 15.0 Å². The second kappa shape index (κ2) is 11.7. The fourth-order valence-electron chi connectivity index (χ4n) is 8.07. The SMILES string of the molecule is CC1(C)c2ccccc2-c2cc3c4ccccc4n(-c4ccc(-c5ccccc5)cc4-c4nc(-c5ccccc5)nc(-c5ccccc5)n4)c3cc21. The lowest BCUT2D eigenvalue weighted by Crippen LogP contribution is -2.15. The van der Waals surface area contributed by atoms with Crippen molar-refractivity contribution in [1.29, 1.82) is 0 Å². The Bertz CT molecular complexity index is 2740. The quantitative estimate of drug-likeness (QED) is 0.184. The van der Waals surface area contributed by atoms with E-state index >= 15 is 0 Å². The van der Waals surface area contributed by atoms with Crippen LogP contribution in [0.2, 0.25) is 0 Å². The molecule has 10 rings (SSSR count). The van der Waals surface area contributed by atoms with Gasteiger partial charge in [-0.2, -0.15) is 0 Å². The summed E-state index contributed by atoms with van der Waals surface area (Å²) >= 11 is 0. The molecule has 0 unspecified atom stereocenters. The highest BCUT2D eigenvalue weighted by Gasteiger charge is 2.36. The molecule has 246 valence electrons. The summed E-state index contributed by atoms with van der Waals surface area (Å²) < 4.78 is 2.42. The summed E-state index contributed by atoms with van der Waals surface area (Å²) in [4.78, 5) is 15.5. The molecule has 9 aromatic rings. The van der Waals surface area contributed by atoms with Crippen molar-refractivity contribution in [1.82, 2.24) is 19.5 Å². The van der Waals surface area contributed by atoms with Gasteiger partial charge in [0.25, 0.3) is 0 Å². The zero-order chi connectivity index (χ0) is 34.8. The Labute approximate surface area is 302 Å². The summed E-state index contributed by atoms with van der Waals surface area (Å²) in [5, 5.41) is 2.44. The van der Waals surface area contributed by atoms with E-state index < -0.39 is 0 Å². The van der Waals surface area contributed by atoms with Crippen LogP contribution < -0.4 is 0 Å². The minimum Gasteiger partial charge on any atom is -0.308 e. The molecule has 4 heteroatoms. The van der Waals surface area contributed by atoms with E-state index in [1.807, 2.05) is 36.4 Å². The standard InChI is InChI=1S/C48H34N4/c1-48(2)40-24-14-12-22-35(40)37-29-38-36-23-13-15-25-42(36)52(44(38)30-41(37)48)43-27-26-34(31-16-6-3-7-17-31)28-39(43)47-50-45(32-18-8-4-9-19-32)49-46(51-47)33-20-10-5-11-21-33/h3-30H,1-2H3. The average molecular weight is 667 g/mol. The zero-order valence-corrected chi connectivity index (χ0v) is 29.0. The topological polar surface area (TPSA) is 43.6 Å². The van der Waals surface area contributed by atoms with Gasteiger partial charge < -0.3 is 4.57 Å². The van der Waals surface area contributed by atoms with Gasteiger partial charge in [-0.1, -0.05) is 153 Å². The Morgan fingerprint density at radius 3 is 1.65 bits per heavy atom. The summed E-state index contributed by atoms with van der Waals surface area (Å²) in [7, 11) is 0. The molecule has 0 spiro atoms. The monoisotopic (exact) mass is 666 g/mol. The van der Waals surface area contributed by atoms with Crippen molar-refractivity contribution in [2.24, 2.45) is 0 Å². The highest BCUT2D eigenvalue weighted by molar-refractivity contribution is 6.12. The number of nitrogens with zero attached hydrogens (tertiary/aromatic N) is 4.